The van der Waals surface area contributed by atoms with Gasteiger partial charge in [-0.3, -0.25) is 0 Å². The first-order valence-corrected chi connectivity index (χ1v) is 61.7. The number of unbranched alkanes of at least 4 members (excludes halogenated alkanes) is 45. The second-order valence-electron chi connectivity index (χ2n) is 42.8. The van der Waals surface area contributed by atoms with Crippen LogP contribution in [0.2, 0.25) is 0 Å². The van der Waals surface area contributed by atoms with Gasteiger partial charge < -0.3 is 14.7 Å². The topological polar surface area (TPSA) is 171 Å². The molecule has 7 aromatic carbocycles. The van der Waals surface area contributed by atoms with Crippen molar-refractivity contribution in [2.75, 3.05) is 0 Å². The molecule has 7 aromatic rings. The van der Waals surface area contributed by atoms with Gasteiger partial charge in [-0.1, -0.05) is 73.1 Å². The van der Waals surface area contributed by atoms with Crippen LogP contribution in [0.15, 0.2) is 180 Å². The third-order valence-corrected chi connectivity index (χ3v) is 36.4. The molecule has 2 atom stereocenters. The molecule has 12 heteroatoms. The smallest absolute Gasteiger partial charge is 0.324 e. The van der Waals surface area contributed by atoms with E-state index in [1.54, 1.807) is 6.07 Å². The van der Waals surface area contributed by atoms with E-state index < -0.39 is 23.2 Å². The summed E-state index contributed by atoms with van der Waals surface area (Å²) in [6.07, 6.45) is 69.8. The zero-order valence-corrected chi connectivity index (χ0v) is 94.2. The molecule has 778 valence electrons. The summed E-state index contributed by atoms with van der Waals surface area (Å²) in [4.78, 5) is 89.7. The van der Waals surface area contributed by atoms with E-state index >= 15 is 0 Å². The van der Waals surface area contributed by atoms with Crippen LogP contribution in [0.5, 0.6) is 5.75 Å². The predicted molar refractivity (Wildman–Crippen MR) is 614 cm³/mol. The molecule has 0 saturated heterocycles. The molecule has 0 aliphatic heterocycles. The molecule has 0 amide bonds. The number of rotatable bonds is 65. The minimum Gasteiger partial charge on any atom is -0.328 e. The van der Waals surface area contributed by atoms with Crippen LogP contribution >= 0.6 is 23.2 Å². The summed E-state index contributed by atoms with van der Waals surface area (Å²) in [6.45, 7) is 47.6. The fraction of sp³-hybridized carbons (Fsp3) is 0.578. The molecule has 2 unspecified atom stereocenters. The maximum Gasteiger partial charge on any atom is 0.324 e. The van der Waals surface area contributed by atoms with E-state index in [1.807, 2.05) is 48.5 Å². The molecule has 0 heterocycles. The zero-order valence-electron chi connectivity index (χ0n) is 91.5. The van der Waals surface area contributed by atoms with Crippen molar-refractivity contribution >= 4 is 44.9 Å². The molecule has 0 aromatic heterocycles. The first kappa shape index (κ1) is 121. The summed E-state index contributed by atoms with van der Waals surface area (Å²) in [7, 11) is -13.9. The van der Waals surface area contributed by atoms with Gasteiger partial charge in [-0.05, 0) is 0 Å². The molecule has 140 heavy (non-hydrogen) atoms. The Morgan fingerprint density at radius 3 is 0.850 bits per heavy atom. The number of allylic oxidation sites excluding steroid dienone is 10. The summed E-state index contributed by atoms with van der Waals surface area (Å²) in [5.74, 6) is 0.214. The van der Waals surface area contributed by atoms with Crippen molar-refractivity contribution in [3.63, 3.8) is 0 Å². The van der Waals surface area contributed by atoms with E-state index in [1.165, 1.54) is 334 Å². The quantitative estimate of drug-likeness (QED) is 0.0137. The summed E-state index contributed by atoms with van der Waals surface area (Å²) in [6, 6.07) is 42.5. The Labute approximate surface area is 856 Å². The molecule has 0 radical (unpaired) electrons. The van der Waals surface area contributed by atoms with E-state index in [2.05, 4.69) is 197 Å². The van der Waals surface area contributed by atoms with Gasteiger partial charge in [-0.25, -0.2) is 0 Å². The number of benzene rings is 7. The molecule has 2 aliphatic rings. The Kier molecular flexibility index (Phi) is 54.6. The second kappa shape index (κ2) is 63.3. The van der Waals surface area contributed by atoms with Gasteiger partial charge in [0.25, 0.3) is 0 Å². The molecule has 8 N–H and O–H groups in total. The van der Waals surface area contributed by atoms with Crippen LogP contribution in [-0.4, -0.2) is 39.1 Å². The number of para-hydroxylation sites is 1. The summed E-state index contributed by atoms with van der Waals surface area (Å²) < 4.78 is 7.47. The minimum absolute atomic E-state index is 0.179. The standard InChI is InChI=1S/C73H111O3P.C55H83O3P.H3O3P/c1-11-14-17-20-23-26-29-32-35-38-45-64-46-41-43-50-69(64)76-77(74,75,70-51-44-42-48-65(70)47-39-36-33-30-27-24-21-18-15-12-2)71-56-61(8)72(67-54-57(4)52-59(6)62(67)9)73(68-55-58(5)53-60(7)63(68)10)66(71)49-40-37-34-31-28-25-22-19-16-13-3;1-10-12-14-16-18-20-22-24-26-28-32-48-33-30-31-35-52(48)59(56,57,58)53-40-45(7)54(50-38-41(3)36-43(5)46(50)8)55(51-39-42(4)37-44(6)47(51)9)49(53)34-29-27-25-23-21-19-17-15-13-11-2;1-4(2)3/h41-44,46,48,50-56,72,74-75H,8,11-40,45,47,49H2,1-7,9-10H3;30-31,33,35-40,54,56-58H,7,10-29,32,34H2,1-6,8-9H3;1-3H. The maximum absolute atomic E-state index is 14.7. The monoisotopic (exact) mass is 1970 g/mol. The molecule has 0 fully saturated rings. The second-order valence-corrected chi connectivity index (χ2v) is 49.3. The average Bonchev–Trinajstić information content (AvgIpc) is 0.684. The summed E-state index contributed by atoms with van der Waals surface area (Å²) in [5, 5.41) is 1.64. The predicted octanol–water partition coefficient (Wildman–Crippen LogP) is 37.5. The van der Waals surface area contributed by atoms with Crippen LogP contribution in [0.4, 0.5) is 0 Å². The Morgan fingerprint density at radius 1 is 0.279 bits per heavy atom. The third kappa shape index (κ3) is 37.6. The van der Waals surface area contributed by atoms with E-state index in [4.69, 9.17) is 32.4 Å². The van der Waals surface area contributed by atoms with Crippen molar-refractivity contribution in [3.05, 3.63) is 285 Å². The molecule has 0 bridgehead atoms. The third-order valence-electron chi connectivity index (χ3n) is 30.7. The van der Waals surface area contributed by atoms with Crippen molar-refractivity contribution in [1.82, 2.24) is 0 Å². The Bertz CT molecular complexity index is 5040. The van der Waals surface area contributed by atoms with Crippen molar-refractivity contribution in [3.8, 4) is 5.75 Å². The average molecular weight is 1970 g/mol. The van der Waals surface area contributed by atoms with E-state index in [-0.39, 0.29) is 22.5 Å². The zero-order chi connectivity index (χ0) is 102. The number of hydrogen-bond acceptors (Lipinski definition) is 9. The van der Waals surface area contributed by atoms with Gasteiger partial charge in [0, 0.05) is 0 Å². The Hall–Kier alpha value is -6.25. The summed E-state index contributed by atoms with van der Waals surface area (Å²) in [5.41, 5.74) is 28.1. The first-order valence-electron chi connectivity index (χ1n) is 56.4. The van der Waals surface area contributed by atoms with Crippen molar-refractivity contribution < 1.29 is 43.7 Å². The van der Waals surface area contributed by atoms with Gasteiger partial charge >= 0.3 is 774 Å². The first-order chi connectivity index (χ1) is 67.2. The molecular weight excluding hydrogens is 1770 g/mol. The molecule has 2 aliphatic carbocycles. The maximum atomic E-state index is 14.7. The van der Waals surface area contributed by atoms with Gasteiger partial charge in [-0.2, -0.15) is 0 Å². The molecule has 9 rings (SSSR count). The van der Waals surface area contributed by atoms with Gasteiger partial charge in [-0.15, -0.1) is 0 Å². The van der Waals surface area contributed by atoms with Gasteiger partial charge in [0.05, 0.1) is 0 Å². The van der Waals surface area contributed by atoms with E-state index in [0.29, 0.717) is 35.6 Å². The molecule has 0 spiro atoms. The van der Waals surface area contributed by atoms with Crippen molar-refractivity contribution in [2.45, 2.75) is 483 Å². The van der Waals surface area contributed by atoms with Gasteiger partial charge in [0.1, 0.15) is 0 Å². The van der Waals surface area contributed by atoms with Crippen LogP contribution in [0.3, 0.4) is 0 Å². The van der Waals surface area contributed by atoms with Crippen LogP contribution in [0.1, 0.15) is 486 Å². The van der Waals surface area contributed by atoms with Crippen LogP contribution in [0.25, 0.3) is 11.1 Å². The SMILES string of the molecule is C=C1C=C(P(O)(O)(O)c2ccccc2CCCCCCCCCCCC)C(CCCCCCCCCCCC)=C(c2cc(C)cc(C)c2C)C1c1cc(C)cc(C)c1C.C=C1C=C(P(O)(O)(Oc2ccccc2CCCCCCCCCCCC)c2ccccc2CCCCCCCCCCCC)C(CCCCCCCCCCCC)=C(c2cc(C)cc(C)c2C)C1c1cc(C)cc(C)c1C.OP(O)O. The Balaban J connectivity index is 0.000000378. The van der Waals surface area contributed by atoms with Crippen LogP contribution in [0, 0.1) is 83.1 Å². The van der Waals surface area contributed by atoms with Crippen molar-refractivity contribution in [1.29, 1.82) is 0 Å². The fourth-order valence-electron chi connectivity index (χ4n) is 22.2. The molecule has 9 nitrogen and oxygen atoms in total. The number of hydrogen-bond donors (Lipinski definition) is 8. The number of aryl methyl sites for hydroxylation is 11. The molecular formula is C128H197O9P3. The largest absolute Gasteiger partial charge is 0.328 e. The van der Waals surface area contributed by atoms with Crippen LogP contribution < -0.4 is 15.1 Å². The van der Waals surface area contributed by atoms with E-state index in [0.717, 1.165) is 139 Å². The fourth-order valence-corrected chi connectivity index (χ4v) is 27.9. The Morgan fingerprint density at radius 2 is 0.521 bits per heavy atom. The normalized spacial score (nSPS) is 14.8. The molecule has 0 saturated carbocycles. The van der Waals surface area contributed by atoms with Crippen molar-refractivity contribution in [2.24, 2.45) is 0 Å². The van der Waals surface area contributed by atoms with E-state index in [9.17, 15) is 24.5 Å². The van der Waals surface area contributed by atoms with Gasteiger partial charge in [0.2, 0.25) is 0 Å². The minimum atomic E-state index is -5.68. The van der Waals surface area contributed by atoms with Crippen LogP contribution in [-0.2, 0) is 19.3 Å². The summed E-state index contributed by atoms with van der Waals surface area (Å²) >= 11 is 0. The van der Waals surface area contributed by atoms with Gasteiger partial charge in [0.15, 0.2) is 0 Å².